The number of hydrogen-bond acceptors (Lipinski definition) is 2. The summed E-state index contributed by atoms with van der Waals surface area (Å²) in [4.78, 5) is 14.4. The molecule has 2 aliphatic rings. The van der Waals surface area contributed by atoms with E-state index in [1.165, 1.54) is 6.07 Å². The van der Waals surface area contributed by atoms with Crippen molar-refractivity contribution in [3.63, 3.8) is 0 Å². The molecule has 1 atom stereocenters. The van der Waals surface area contributed by atoms with Crippen LogP contribution in [-0.4, -0.2) is 29.9 Å². The summed E-state index contributed by atoms with van der Waals surface area (Å²) in [5, 5.41) is 3.22. The van der Waals surface area contributed by atoms with Crippen molar-refractivity contribution in [1.82, 2.24) is 10.2 Å². The second-order valence-electron chi connectivity index (χ2n) is 5.48. The van der Waals surface area contributed by atoms with E-state index in [1.54, 1.807) is 12.1 Å². The molecule has 110 valence electrons. The first-order valence-electron chi connectivity index (χ1n) is 7.00. The molecule has 1 amide bonds. The zero-order valence-electron chi connectivity index (χ0n) is 11.3. The maximum atomic E-state index is 13.7. The molecular weight excluding hydrogens is 279 g/mol. The predicted molar refractivity (Wildman–Crippen MR) is 78.2 cm³/mol. The van der Waals surface area contributed by atoms with Crippen LogP contribution in [0.15, 0.2) is 24.3 Å². The van der Waals surface area contributed by atoms with Gasteiger partial charge in [-0.25, -0.2) is 4.39 Å². The summed E-state index contributed by atoms with van der Waals surface area (Å²) in [6.45, 7) is 2.08. The molecule has 1 aromatic rings. The molecule has 1 saturated carbocycles. The number of rotatable bonds is 4. The molecule has 1 aromatic carbocycles. The second-order valence-corrected chi connectivity index (χ2v) is 5.48. The average Bonchev–Trinajstić information content (AvgIpc) is 3.11. The van der Waals surface area contributed by atoms with Gasteiger partial charge in [0.15, 0.2) is 0 Å². The molecule has 0 aromatic heterocycles. The lowest BCUT2D eigenvalue weighted by molar-refractivity contribution is -0.136. The van der Waals surface area contributed by atoms with E-state index in [0.717, 1.165) is 32.4 Å². The topological polar surface area (TPSA) is 32.3 Å². The summed E-state index contributed by atoms with van der Waals surface area (Å²) >= 11 is 0. The van der Waals surface area contributed by atoms with E-state index >= 15 is 0 Å². The van der Waals surface area contributed by atoms with Gasteiger partial charge in [0.25, 0.3) is 0 Å². The van der Waals surface area contributed by atoms with Gasteiger partial charge < -0.3 is 10.2 Å². The Balaban J connectivity index is 0.00000147. The third kappa shape index (κ3) is 3.30. The van der Waals surface area contributed by atoms with E-state index in [1.807, 2.05) is 11.0 Å². The lowest BCUT2D eigenvalue weighted by Gasteiger charge is -2.25. The lowest BCUT2D eigenvalue weighted by atomic mass is 10.1. The van der Waals surface area contributed by atoms with E-state index in [0.29, 0.717) is 18.2 Å². The van der Waals surface area contributed by atoms with Gasteiger partial charge in [0.2, 0.25) is 5.91 Å². The van der Waals surface area contributed by atoms with Crippen LogP contribution >= 0.6 is 12.4 Å². The van der Waals surface area contributed by atoms with Gasteiger partial charge >= 0.3 is 0 Å². The first-order chi connectivity index (χ1) is 9.25. The van der Waals surface area contributed by atoms with Crippen LogP contribution in [0.3, 0.4) is 0 Å². The SMILES string of the molecule is Cl.O=C(C1CCNC1)N(Cc1ccccc1F)C1CC1. The Morgan fingerprint density at radius 1 is 1.30 bits per heavy atom. The second kappa shape index (κ2) is 6.55. The Kier molecular flexibility index (Phi) is 5.00. The van der Waals surface area contributed by atoms with Crippen molar-refractivity contribution in [2.24, 2.45) is 5.92 Å². The molecule has 1 aliphatic heterocycles. The molecular formula is C15H20ClFN2O. The molecule has 1 aliphatic carbocycles. The van der Waals surface area contributed by atoms with Crippen LogP contribution in [-0.2, 0) is 11.3 Å². The fraction of sp³-hybridized carbons (Fsp3) is 0.533. The van der Waals surface area contributed by atoms with Crippen molar-refractivity contribution >= 4 is 18.3 Å². The number of nitrogens with one attached hydrogen (secondary N) is 1. The van der Waals surface area contributed by atoms with Crippen molar-refractivity contribution in [1.29, 1.82) is 0 Å². The van der Waals surface area contributed by atoms with E-state index < -0.39 is 0 Å². The number of halogens is 2. The van der Waals surface area contributed by atoms with Crippen LogP contribution in [0.4, 0.5) is 4.39 Å². The minimum atomic E-state index is -0.217. The molecule has 2 fully saturated rings. The Labute approximate surface area is 124 Å². The fourth-order valence-electron chi connectivity index (χ4n) is 2.68. The van der Waals surface area contributed by atoms with Crippen LogP contribution in [0.1, 0.15) is 24.8 Å². The van der Waals surface area contributed by atoms with Gasteiger partial charge in [-0.15, -0.1) is 12.4 Å². The monoisotopic (exact) mass is 298 g/mol. The molecule has 3 rings (SSSR count). The quantitative estimate of drug-likeness (QED) is 0.925. The number of amides is 1. The minimum Gasteiger partial charge on any atom is -0.335 e. The van der Waals surface area contributed by atoms with Crippen LogP contribution < -0.4 is 5.32 Å². The Morgan fingerprint density at radius 2 is 2.05 bits per heavy atom. The molecule has 20 heavy (non-hydrogen) atoms. The molecule has 1 unspecified atom stereocenters. The Morgan fingerprint density at radius 3 is 2.65 bits per heavy atom. The first-order valence-corrected chi connectivity index (χ1v) is 7.00. The number of carbonyl (C=O) groups excluding carboxylic acids is 1. The van der Waals surface area contributed by atoms with Crippen LogP contribution in [0.25, 0.3) is 0 Å². The van der Waals surface area contributed by atoms with Gasteiger partial charge in [-0.05, 0) is 31.9 Å². The van der Waals surface area contributed by atoms with Gasteiger partial charge in [0.1, 0.15) is 5.82 Å². The van der Waals surface area contributed by atoms with Crippen molar-refractivity contribution in [2.45, 2.75) is 31.8 Å². The summed E-state index contributed by atoms with van der Waals surface area (Å²) in [6, 6.07) is 7.06. The standard InChI is InChI=1S/C15H19FN2O.ClH/c16-14-4-2-1-3-12(14)10-18(13-5-6-13)15(19)11-7-8-17-9-11;/h1-4,11,13,17H,5-10H2;1H. The van der Waals surface area contributed by atoms with Crippen molar-refractivity contribution in [2.75, 3.05) is 13.1 Å². The predicted octanol–water partition coefficient (Wildman–Crippen LogP) is 2.35. The zero-order valence-corrected chi connectivity index (χ0v) is 12.2. The maximum absolute atomic E-state index is 13.7. The van der Waals surface area contributed by atoms with E-state index in [-0.39, 0.29) is 30.0 Å². The van der Waals surface area contributed by atoms with Crippen LogP contribution in [0, 0.1) is 11.7 Å². The molecule has 0 radical (unpaired) electrons. The maximum Gasteiger partial charge on any atom is 0.227 e. The Bertz CT molecular complexity index is 473. The van der Waals surface area contributed by atoms with Crippen molar-refractivity contribution < 1.29 is 9.18 Å². The van der Waals surface area contributed by atoms with Crippen molar-refractivity contribution in [3.05, 3.63) is 35.6 Å². The first kappa shape index (κ1) is 15.3. The van der Waals surface area contributed by atoms with Gasteiger partial charge in [-0.1, -0.05) is 18.2 Å². The van der Waals surface area contributed by atoms with Crippen molar-refractivity contribution in [3.8, 4) is 0 Å². The normalized spacial score (nSPS) is 21.4. The smallest absolute Gasteiger partial charge is 0.227 e. The molecule has 0 bridgehead atoms. The number of carbonyl (C=O) groups is 1. The number of nitrogens with zero attached hydrogens (tertiary/aromatic N) is 1. The van der Waals surface area contributed by atoms with Crippen LogP contribution in [0.2, 0.25) is 0 Å². The van der Waals surface area contributed by atoms with Gasteiger partial charge in [0, 0.05) is 24.7 Å². The third-order valence-corrected chi connectivity index (χ3v) is 3.98. The van der Waals surface area contributed by atoms with Gasteiger partial charge in [-0.3, -0.25) is 4.79 Å². The van der Waals surface area contributed by atoms with Gasteiger partial charge in [0.05, 0.1) is 5.92 Å². The van der Waals surface area contributed by atoms with E-state index in [2.05, 4.69) is 5.32 Å². The summed E-state index contributed by atoms with van der Waals surface area (Å²) in [7, 11) is 0. The number of benzene rings is 1. The molecule has 1 saturated heterocycles. The highest BCUT2D eigenvalue weighted by atomic mass is 35.5. The average molecular weight is 299 g/mol. The highest BCUT2D eigenvalue weighted by Gasteiger charge is 2.36. The molecule has 3 nitrogen and oxygen atoms in total. The lowest BCUT2D eigenvalue weighted by Crippen LogP contribution is -2.38. The summed E-state index contributed by atoms with van der Waals surface area (Å²) in [5.74, 6) is 0.0497. The molecule has 5 heteroatoms. The molecule has 1 heterocycles. The summed E-state index contributed by atoms with van der Waals surface area (Å²) in [5.41, 5.74) is 0.619. The van der Waals surface area contributed by atoms with E-state index in [9.17, 15) is 9.18 Å². The highest BCUT2D eigenvalue weighted by Crippen LogP contribution is 2.31. The largest absolute Gasteiger partial charge is 0.335 e. The zero-order chi connectivity index (χ0) is 13.2. The third-order valence-electron chi connectivity index (χ3n) is 3.98. The summed E-state index contributed by atoms with van der Waals surface area (Å²) in [6.07, 6.45) is 3.01. The molecule has 1 N–H and O–H groups in total. The molecule has 0 spiro atoms. The minimum absolute atomic E-state index is 0. The van der Waals surface area contributed by atoms with Gasteiger partial charge in [-0.2, -0.15) is 0 Å². The fourth-order valence-corrected chi connectivity index (χ4v) is 2.68. The van der Waals surface area contributed by atoms with E-state index in [4.69, 9.17) is 0 Å². The number of hydrogen-bond donors (Lipinski definition) is 1. The Hall–Kier alpha value is -1.13. The van der Waals surface area contributed by atoms with Crippen LogP contribution in [0.5, 0.6) is 0 Å². The summed E-state index contributed by atoms with van der Waals surface area (Å²) < 4.78 is 13.7. The highest BCUT2D eigenvalue weighted by molar-refractivity contribution is 5.85.